The van der Waals surface area contributed by atoms with Crippen LogP contribution < -0.4 is 9.64 Å². The summed E-state index contributed by atoms with van der Waals surface area (Å²) in [6.07, 6.45) is 2.53. The highest BCUT2D eigenvalue weighted by Gasteiger charge is 2.37. The van der Waals surface area contributed by atoms with Crippen molar-refractivity contribution in [1.82, 2.24) is 4.90 Å². The number of rotatable bonds is 4. The van der Waals surface area contributed by atoms with Gasteiger partial charge < -0.3 is 14.5 Å². The second kappa shape index (κ2) is 8.05. The Balaban J connectivity index is 1.40. The van der Waals surface area contributed by atoms with E-state index in [1.54, 1.807) is 4.90 Å². The minimum absolute atomic E-state index is 0.0140. The Hall–Kier alpha value is -2.82. The topological polar surface area (TPSA) is 49.9 Å². The lowest BCUT2D eigenvalue weighted by Gasteiger charge is -2.32. The van der Waals surface area contributed by atoms with E-state index in [2.05, 4.69) is 6.92 Å². The fourth-order valence-electron chi connectivity index (χ4n) is 4.09. The molecular weight excluding hydrogens is 352 g/mol. The average Bonchev–Trinajstić information content (AvgIpc) is 3.10. The molecule has 0 N–H and O–H groups in total. The van der Waals surface area contributed by atoms with Gasteiger partial charge in [0, 0.05) is 31.7 Å². The van der Waals surface area contributed by atoms with Gasteiger partial charge in [-0.05, 0) is 55.2 Å². The average molecular weight is 378 g/mol. The zero-order valence-corrected chi connectivity index (χ0v) is 16.2. The summed E-state index contributed by atoms with van der Waals surface area (Å²) in [5.41, 5.74) is 0.813. The summed E-state index contributed by atoms with van der Waals surface area (Å²) >= 11 is 0. The number of nitrogens with zero attached hydrogens (tertiary/aromatic N) is 2. The smallest absolute Gasteiger partial charge is 0.228 e. The number of amides is 2. The lowest BCUT2D eigenvalue weighted by molar-refractivity contribution is -0.137. The predicted octanol–water partition coefficient (Wildman–Crippen LogP) is 4.09. The van der Waals surface area contributed by atoms with Gasteiger partial charge in [0.05, 0.1) is 5.92 Å². The summed E-state index contributed by atoms with van der Waals surface area (Å²) in [5, 5.41) is 0. The number of hydrogen-bond donors (Lipinski definition) is 0. The van der Waals surface area contributed by atoms with Gasteiger partial charge in [0.25, 0.3) is 0 Å². The summed E-state index contributed by atoms with van der Waals surface area (Å²) in [7, 11) is 0. The summed E-state index contributed by atoms with van der Waals surface area (Å²) in [6, 6.07) is 17.1. The maximum absolute atomic E-state index is 12.9. The van der Waals surface area contributed by atoms with Crippen molar-refractivity contribution >= 4 is 17.5 Å². The van der Waals surface area contributed by atoms with Crippen LogP contribution in [0, 0.1) is 11.8 Å². The third-order valence-electron chi connectivity index (χ3n) is 5.57. The van der Waals surface area contributed by atoms with Crippen LogP contribution in [-0.4, -0.2) is 36.3 Å². The van der Waals surface area contributed by atoms with E-state index in [1.165, 1.54) is 6.42 Å². The highest BCUT2D eigenvalue weighted by molar-refractivity contribution is 6.00. The van der Waals surface area contributed by atoms with Gasteiger partial charge in [0.15, 0.2) is 0 Å². The van der Waals surface area contributed by atoms with Gasteiger partial charge >= 0.3 is 0 Å². The fraction of sp³-hybridized carbons (Fsp3) is 0.391. The first kappa shape index (κ1) is 18.5. The van der Waals surface area contributed by atoms with Crippen LogP contribution in [0.5, 0.6) is 11.5 Å². The molecule has 0 radical (unpaired) electrons. The van der Waals surface area contributed by atoms with Crippen LogP contribution in [0.4, 0.5) is 5.69 Å². The largest absolute Gasteiger partial charge is 0.457 e. The van der Waals surface area contributed by atoms with Crippen molar-refractivity contribution in [2.24, 2.45) is 11.8 Å². The summed E-state index contributed by atoms with van der Waals surface area (Å²) in [4.78, 5) is 29.1. The number of likely N-dealkylation sites (tertiary alicyclic amines) is 1. The van der Waals surface area contributed by atoms with E-state index in [-0.39, 0.29) is 17.7 Å². The molecule has 2 heterocycles. The second-order valence-corrected chi connectivity index (χ2v) is 7.85. The van der Waals surface area contributed by atoms with Crippen LogP contribution in [-0.2, 0) is 9.59 Å². The molecule has 2 aliphatic heterocycles. The summed E-state index contributed by atoms with van der Waals surface area (Å²) in [5.74, 6) is 1.94. The molecule has 2 aromatic carbocycles. The van der Waals surface area contributed by atoms with Crippen LogP contribution in [0.3, 0.4) is 0 Å². The van der Waals surface area contributed by atoms with Gasteiger partial charge in [-0.25, -0.2) is 0 Å². The van der Waals surface area contributed by atoms with Gasteiger partial charge in [-0.15, -0.1) is 0 Å². The van der Waals surface area contributed by atoms with E-state index >= 15 is 0 Å². The highest BCUT2D eigenvalue weighted by Crippen LogP contribution is 2.30. The molecule has 0 bridgehead atoms. The number of anilines is 1. The molecule has 0 aromatic heterocycles. The minimum Gasteiger partial charge on any atom is -0.457 e. The minimum atomic E-state index is -0.238. The Kier molecular flexibility index (Phi) is 5.33. The highest BCUT2D eigenvalue weighted by atomic mass is 16.5. The van der Waals surface area contributed by atoms with E-state index in [0.717, 1.165) is 36.7 Å². The summed E-state index contributed by atoms with van der Waals surface area (Å²) in [6.45, 7) is 4.28. The van der Waals surface area contributed by atoms with Gasteiger partial charge in [-0.2, -0.15) is 0 Å². The third kappa shape index (κ3) is 4.03. The molecule has 0 saturated carbocycles. The van der Waals surface area contributed by atoms with E-state index in [4.69, 9.17) is 4.74 Å². The molecule has 2 saturated heterocycles. The Labute approximate surface area is 165 Å². The quantitative estimate of drug-likeness (QED) is 0.805. The van der Waals surface area contributed by atoms with Gasteiger partial charge in [-0.1, -0.05) is 25.1 Å². The predicted molar refractivity (Wildman–Crippen MR) is 108 cm³/mol. The lowest BCUT2D eigenvalue weighted by atomic mass is 9.98. The zero-order valence-electron chi connectivity index (χ0n) is 16.2. The van der Waals surface area contributed by atoms with Crippen LogP contribution >= 0.6 is 0 Å². The Morgan fingerprint density at radius 1 is 1.00 bits per heavy atom. The molecule has 0 spiro atoms. The van der Waals surface area contributed by atoms with Crippen molar-refractivity contribution in [3.8, 4) is 11.5 Å². The van der Waals surface area contributed by atoms with Crippen molar-refractivity contribution in [3.63, 3.8) is 0 Å². The maximum atomic E-state index is 12.9. The molecule has 146 valence electrons. The number of carbonyl (C=O) groups is 2. The Morgan fingerprint density at radius 3 is 2.43 bits per heavy atom. The number of piperidine rings is 1. The first-order chi connectivity index (χ1) is 13.6. The second-order valence-electron chi connectivity index (χ2n) is 7.85. The van der Waals surface area contributed by atoms with Crippen molar-refractivity contribution in [1.29, 1.82) is 0 Å². The molecule has 5 nitrogen and oxygen atoms in total. The Bertz CT molecular complexity index is 835. The van der Waals surface area contributed by atoms with Gasteiger partial charge in [0.1, 0.15) is 11.5 Å². The number of para-hydroxylation sites is 1. The Morgan fingerprint density at radius 2 is 1.71 bits per heavy atom. The molecule has 2 atom stereocenters. The van der Waals surface area contributed by atoms with Crippen molar-refractivity contribution in [2.45, 2.75) is 26.2 Å². The van der Waals surface area contributed by atoms with Crippen LogP contribution in [0.1, 0.15) is 26.2 Å². The monoisotopic (exact) mass is 378 g/mol. The molecular formula is C23H26N2O3. The molecule has 5 heteroatoms. The number of ether oxygens (including phenoxy) is 1. The lowest BCUT2D eigenvalue weighted by Crippen LogP contribution is -2.43. The molecule has 4 rings (SSSR count). The molecule has 2 amide bonds. The zero-order chi connectivity index (χ0) is 19.5. The molecule has 2 fully saturated rings. The SMILES string of the molecule is CC1CCCN(C(=O)C2CC(=O)N(c3ccc(Oc4ccccc4)cc3)C2)C1. The van der Waals surface area contributed by atoms with Crippen LogP contribution in [0.2, 0.25) is 0 Å². The first-order valence-corrected chi connectivity index (χ1v) is 10.0. The molecule has 2 aliphatic rings. The number of benzene rings is 2. The first-order valence-electron chi connectivity index (χ1n) is 10.0. The summed E-state index contributed by atoms with van der Waals surface area (Å²) < 4.78 is 5.81. The van der Waals surface area contributed by atoms with E-state index < -0.39 is 0 Å². The van der Waals surface area contributed by atoms with Crippen LogP contribution in [0.15, 0.2) is 54.6 Å². The third-order valence-corrected chi connectivity index (χ3v) is 5.57. The van der Waals surface area contributed by atoms with Crippen molar-refractivity contribution in [3.05, 3.63) is 54.6 Å². The van der Waals surface area contributed by atoms with E-state index in [9.17, 15) is 9.59 Å². The normalized spacial score (nSPS) is 22.4. The fourth-order valence-corrected chi connectivity index (χ4v) is 4.09. The van der Waals surface area contributed by atoms with Crippen LogP contribution in [0.25, 0.3) is 0 Å². The maximum Gasteiger partial charge on any atom is 0.228 e. The van der Waals surface area contributed by atoms with Gasteiger partial charge in [0.2, 0.25) is 11.8 Å². The molecule has 2 unspecified atom stereocenters. The van der Waals surface area contributed by atoms with Crippen molar-refractivity contribution in [2.75, 3.05) is 24.5 Å². The van der Waals surface area contributed by atoms with Gasteiger partial charge in [-0.3, -0.25) is 9.59 Å². The molecule has 2 aromatic rings. The molecule has 0 aliphatic carbocycles. The molecule has 28 heavy (non-hydrogen) atoms. The van der Waals surface area contributed by atoms with Crippen molar-refractivity contribution < 1.29 is 14.3 Å². The standard InChI is InChI=1S/C23H26N2O3/c1-17-6-5-13-24(15-17)23(27)18-14-22(26)25(16-18)19-9-11-21(12-10-19)28-20-7-3-2-4-8-20/h2-4,7-12,17-18H,5-6,13-16H2,1H3. The van der Waals surface area contributed by atoms with E-state index in [1.807, 2.05) is 59.5 Å². The number of carbonyl (C=O) groups excluding carboxylic acids is 2. The number of hydrogen-bond acceptors (Lipinski definition) is 3. The van der Waals surface area contributed by atoms with E-state index in [0.29, 0.717) is 18.9 Å².